The number of rotatable bonds is 6. The Balaban J connectivity index is 1.45. The molecule has 9 nitrogen and oxygen atoms in total. The quantitative estimate of drug-likeness (QED) is 0.723. The van der Waals surface area contributed by atoms with Crippen LogP contribution in [-0.4, -0.2) is 82.6 Å². The predicted molar refractivity (Wildman–Crippen MR) is 85.2 cm³/mol. The molecule has 0 radical (unpaired) electrons. The number of hydrogen-bond donors (Lipinski definition) is 1. The van der Waals surface area contributed by atoms with Crippen molar-refractivity contribution in [3.8, 4) is 0 Å². The van der Waals surface area contributed by atoms with Gasteiger partial charge in [-0.1, -0.05) is 12.1 Å². The van der Waals surface area contributed by atoms with Crippen LogP contribution in [0.2, 0.25) is 0 Å². The number of imide groups is 1. The average molecular weight is 336 g/mol. The molecule has 2 aliphatic rings. The van der Waals surface area contributed by atoms with Gasteiger partial charge in [0.15, 0.2) is 5.82 Å². The number of aromatic nitrogens is 2. The fourth-order valence-corrected chi connectivity index (χ4v) is 3.03. The number of nitrogens with one attached hydrogen (secondary N) is 1. The molecule has 132 valence electrons. The van der Waals surface area contributed by atoms with Crippen molar-refractivity contribution in [1.29, 1.82) is 0 Å². The van der Waals surface area contributed by atoms with Crippen LogP contribution < -0.4 is 5.32 Å². The molecule has 0 saturated carbocycles. The van der Waals surface area contributed by atoms with Crippen molar-refractivity contribution in [2.45, 2.75) is 26.3 Å². The van der Waals surface area contributed by atoms with E-state index in [2.05, 4.69) is 32.2 Å². The van der Waals surface area contributed by atoms with Gasteiger partial charge in [0.2, 0.25) is 11.8 Å². The molecule has 3 amide bonds. The second-order valence-corrected chi connectivity index (χ2v) is 6.16. The molecule has 24 heavy (non-hydrogen) atoms. The van der Waals surface area contributed by atoms with E-state index in [0.29, 0.717) is 19.0 Å². The summed E-state index contributed by atoms with van der Waals surface area (Å²) in [5, 5.41) is 6.50. The van der Waals surface area contributed by atoms with Crippen molar-refractivity contribution in [2.24, 2.45) is 0 Å². The minimum atomic E-state index is -0.282. The normalized spacial score (nSPS) is 21.3. The van der Waals surface area contributed by atoms with Crippen LogP contribution in [0.4, 0.5) is 4.79 Å². The number of hydrogen-bond acceptors (Lipinski definition) is 7. The zero-order valence-corrected chi connectivity index (χ0v) is 14.2. The second-order valence-electron chi connectivity index (χ2n) is 6.16. The first-order valence-electron chi connectivity index (χ1n) is 8.45. The number of amides is 3. The van der Waals surface area contributed by atoms with E-state index in [1.165, 1.54) is 4.90 Å². The molecule has 1 aromatic rings. The zero-order valence-electron chi connectivity index (χ0n) is 14.2. The first-order valence-corrected chi connectivity index (χ1v) is 8.45. The van der Waals surface area contributed by atoms with Gasteiger partial charge in [-0.2, -0.15) is 4.98 Å². The van der Waals surface area contributed by atoms with Crippen molar-refractivity contribution in [3.63, 3.8) is 0 Å². The van der Waals surface area contributed by atoms with Gasteiger partial charge in [0.05, 0.1) is 12.6 Å². The maximum Gasteiger partial charge on any atom is 0.324 e. The second kappa shape index (κ2) is 7.27. The van der Waals surface area contributed by atoms with E-state index >= 15 is 0 Å². The zero-order chi connectivity index (χ0) is 17.1. The van der Waals surface area contributed by atoms with Gasteiger partial charge in [-0.25, -0.2) is 4.79 Å². The van der Waals surface area contributed by atoms with Gasteiger partial charge in [-0.05, 0) is 6.92 Å². The standard InChI is InChI=1S/C15H24N6O3/c1-3-12-17-14(24-18-12)11(2)20-7-4-19(5-8-20)6-9-21-13(22)10-16-15(21)23/h11H,3-10H2,1-2H3,(H,16,23). The largest absolute Gasteiger partial charge is 0.338 e. The molecule has 1 aromatic heterocycles. The number of aryl methyl sites for hydroxylation is 1. The van der Waals surface area contributed by atoms with Crippen LogP contribution >= 0.6 is 0 Å². The number of carbonyl (C=O) groups is 2. The number of urea groups is 1. The number of piperazine rings is 1. The predicted octanol–water partition coefficient (Wildman–Crippen LogP) is -0.138. The van der Waals surface area contributed by atoms with Crippen LogP contribution in [0.1, 0.15) is 31.6 Å². The first-order chi connectivity index (χ1) is 11.6. The molecule has 0 aromatic carbocycles. The van der Waals surface area contributed by atoms with Gasteiger partial charge in [0.1, 0.15) is 0 Å². The van der Waals surface area contributed by atoms with E-state index in [1.807, 2.05) is 6.92 Å². The third kappa shape index (κ3) is 3.57. The molecule has 3 heterocycles. The van der Waals surface area contributed by atoms with Crippen LogP contribution in [0, 0.1) is 0 Å². The lowest BCUT2D eigenvalue weighted by Gasteiger charge is -2.37. The summed E-state index contributed by atoms with van der Waals surface area (Å²) in [5.41, 5.74) is 0. The molecular weight excluding hydrogens is 312 g/mol. The fourth-order valence-electron chi connectivity index (χ4n) is 3.03. The van der Waals surface area contributed by atoms with E-state index < -0.39 is 0 Å². The summed E-state index contributed by atoms with van der Waals surface area (Å²) in [6, 6.07) is -0.179. The molecule has 0 bridgehead atoms. The first kappa shape index (κ1) is 16.8. The van der Waals surface area contributed by atoms with E-state index in [0.717, 1.165) is 38.4 Å². The Morgan fingerprint density at radius 1 is 1.21 bits per heavy atom. The molecule has 2 fully saturated rings. The number of carbonyl (C=O) groups excluding carboxylic acids is 2. The maximum atomic E-state index is 11.6. The smallest absolute Gasteiger partial charge is 0.324 e. The van der Waals surface area contributed by atoms with Crippen molar-refractivity contribution < 1.29 is 14.1 Å². The molecule has 0 aliphatic carbocycles. The highest BCUT2D eigenvalue weighted by Crippen LogP contribution is 2.20. The molecule has 2 aliphatic heterocycles. The van der Waals surface area contributed by atoms with E-state index in [4.69, 9.17) is 4.52 Å². The topological polar surface area (TPSA) is 94.8 Å². The van der Waals surface area contributed by atoms with E-state index in [9.17, 15) is 9.59 Å². The minimum Gasteiger partial charge on any atom is -0.338 e. The van der Waals surface area contributed by atoms with Crippen molar-refractivity contribution in [2.75, 3.05) is 45.8 Å². The Morgan fingerprint density at radius 3 is 2.54 bits per heavy atom. The summed E-state index contributed by atoms with van der Waals surface area (Å²) in [5.74, 6) is 1.26. The fraction of sp³-hybridized carbons (Fsp3) is 0.733. The summed E-state index contributed by atoms with van der Waals surface area (Å²) in [4.78, 5) is 33.4. The Kier molecular flexibility index (Phi) is 5.10. The van der Waals surface area contributed by atoms with Gasteiger partial charge in [-0.15, -0.1) is 0 Å². The summed E-state index contributed by atoms with van der Waals surface area (Å²) >= 11 is 0. The van der Waals surface area contributed by atoms with Gasteiger partial charge in [0.25, 0.3) is 0 Å². The Bertz CT molecular complexity index is 580. The molecule has 9 heteroatoms. The molecule has 1 atom stereocenters. The van der Waals surface area contributed by atoms with Crippen LogP contribution in [0.25, 0.3) is 0 Å². The Hall–Kier alpha value is -2.00. The van der Waals surface area contributed by atoms with Crippen LogP contribution in [0.5, 0.6) is 0 Å². The van der Waals surface area contributed by atoms with Crippen molar-refractivity contribution in [3.05, 3.63) is 11.7 Å². The number of nitrogens with zero attached hydrogens (tertiary/aromatic N) is 5. The lowest BCUT2D eigenvalue weighted by Crippen LogP contribution is -2.49. The summed E-state index contributed by atoms with van der Waals surface area (Å²) in [6.45, 7) is 8.93. The summed E-state index contributed by atoms with van der Waals surface area (Å²) in [6.07, 6.45) is 0.771. The SMILES string of the molecule is CCc1noc(C(C)N2CCN(CCN3C(=O)CNC3=O)CC2)n1. The summed E-state index contributed by atoms with van der Waals surface area (Å²) in [7, 11) is 0. The Labute approximate surface area is 141 Å². The average Bonchev–Trinajstić information content (AvgIpc) is 3.20. The maximum absolute atomic E-state index is 11.6. The molecule has 1 unspecified atom stereocenters. The third-order valence-corrected chi connectivity index (χ3v) is 4.69. The minimum absolute atomic E-state index is 0.103. The van der Waals surface area contributed by atoms with Crippen molar-refractivity contribution in [1.82, 2.24) is 30.2 Å². The molecule has 0 spiro atoms. The highest BCUT2D eigenvalue weighted by molar-refractivity contribution is 6.01. The van der Waals surface area contributed by atoms with Gasteiger partial charge < -0.3 is 9.84 Å². The third-order valence-electron chi connectivity index (χ3n) is 4.69. The highest BCUT2D eigenvalue weighted by atomic mass is 16.5. The monoisotopic (exact) mass is 336 g/mol. The summed E-state index contributed by atoms with van der Waals surface area (Å²) < 4.78 is 5.33. The van der Waals surface area contributed by atoms with E-state index in [1.54, 1.807) is 0 Å². The lowest BCUT2D eigenvalue weighted by atomic mass is 10.2. The van der Waals surface area contributed by atoms with Gasteiger partial charge in [-0.3, -0.25) is 19.5 Å². The van der Waals surface area contributed by atoms with Crippen LogP contribution in [0.15, 0.2) is 4.52 Å². The van der Waals surface area contributed by atoms with E-state index in [-0.39, 0.29) is 24.5 Å². The van der Waals surface area contributed by atoms with Crippen LogP contribution in [-0.2, 0) is 11.2 Å². The molecular formula is C15H24N6O3. The lowest BCUT2D eigenvalue weighted by molar-refractivity contribution is -0.125. The highest BCUT2D eigenvalue weighted by Gasteiger charge is 2.30. The van der Waals surface area contributed by atoms with Crippen LogP contribution in [0.3, 0.4) is 0 Å². The molecule has 2 saturated heterocycles. The van der Waals surface area contributed by atoms with Crippen molar-refractivity contribution >= 4 is 11.9 Å². The molecule has 1 N–H and O–H groups in total. The van der Waals surface area contributed by atoms with Gasteiger partial charge >= 0.3 is 6.03 Å². The Morgan fingerprint density at radius 2 is 1.96 bits per heavy atom. The molecule has 3 rings (SSSR count). The van der Waals surface area contributed by atoms with Gasteiger partial charge in [0, 0.05) is 45.7 Å².